The molecule has 0 aliphatic rings. The van der Waals surface area contributed by atoms with Crippen LogP contribution >= 0.6 is 0 Å². The summed E-state index contributed by atoms with van der Waals surface area (Å²) < 4.78 is 0. The van der Waals surface area contributed by atoms with Crippen molar-refractivity contribution < 1.29 is 4.79 Å². The zero-order valence-corrected chi connectivity index (χ0v) is 16.4. The van der Waals surface area contributed by atoms with Crippen molar-refractivity contribution in [1.29, 1.82) is 0 Å². The number of nitrogens with zero attached hydrogens (tertiary/aromatic N) is 2. The zero-order valence-electron chi connectivity index (χ0n) is 16.4. The van der Waals surface area contributed by atoms with Crippen molar-refractivity contribution in [3.8, 4) is 0 Å². The molecule has 0 unspecified atom stereocenters. The highest BCUT2D eigenvalue weighted by atomic mass is 16.1. The van der Waals surface area contributed by atoms with Crippen molar-refractivity contribution in [2.45, 2.75) is 20.8 Å². The first-order chi connectivity index (χ1) is 13.4. The maximum Gasteiger partial charge on any atom is 0.269 e. The van der Waals surface area contributed by atoms with Gasteiger partial charge in [-0.25, -0.2) is 4.98 Å². The summed E-state index contributed by atoms with van der Waals surface area (Å²) >= 11 is 0. The largest absolute Gasteiger partial charge is 0.399 e. The molecule has 5 N–H and O–H groups in total. The van der Waals surface area contributed by atoms with Crippen LogP contribution in [-0.2, 0) is 0 Å². The number of rotatable bonds is 5. The molecule has 144 valence electrons. The van der Waals surface area contributed by atoms with Crippen LogP contribution in [0.15, 0.2) is 42.5 Å². The minimum absolute atomic E-state index is 0.264. The second kappa shape index (κ2) is 7.96. The van der Waals surface area contributed by atoms with Gasteiger partial charge < -0.3 is 21.7 Å². The summed E-state index contributed by atoms with van der Waals surface area (Å²) in [4.78, 5) is 21.0. The lowest BCUT2D eigenvalue weighted by Crippen LogP contribution is -2.20. The molecule has 0 saturated heterocycles. The highest BCUT2D eigenvalue weighted by Gasteiger charge is 2.13. The van der Waals surface area contributed by atoms with E-state index in [-0.39, 0.29) is 11.6 Å². The number of amides is 1. The Hall–Kier alpha value is -3.61. The first kappa shape index (κ1) is 19.2. The Morgan fingerprint density at radius 1 is 0.929 bits per heavy atom. The monoisotopic (exact) mass is 376 g/mol. The Morgan fingerprint density at radius 2 is 1.57 bits per heavy atom. The molecule has 0 atom stereocenters. The van der Waals surface area contributed by atoms with Crippen LogP contribution in [0.1, 0.15) is 27.2 Å². The summed E-state index contributed by atoms with van der Waals surface area (Å²) in [5.74, 6) is 0.556. The van der Waals surface area contributed by atoms with E-state index in [1.54, 1.807) is 25.2 Å². The number of aromatic nitrogens is 2. The van der Waals surface area contributed by atoms with Gasteiger partial charge in [0.2, 0.25) is 5.95 Å². The summed E-state index contributed by atoms with van der Waals surface area (Å²) in [7, 11) is 1.57. The lowest BCUT2D eigenvalue weighted by molar-refractivity contribution is 0.0958. The van der Waals surface area contributed by atoms with Crippen LogP contribution in [0.2, 0.25) is 0 Å². The third-order valence-electron chi connectivity index (χ3n) is 4.28. The molecule has 0 saturated carbocycles. The van der Waals surface area contributed by atoms with Crippen LogP contribution in [0.25, 0.3) is 0 Å². The fraction of sp³-hybridized carbons (Fsp3) is 0.190. The van der Waals surface area contributed by atoms with Crippen molar-refractivity contribution in [2.75, 3.05) is 23.4 Å². The highest BCUT2D eigenvalue weighted by Crippen LogP contribution is 2.26. The van der Waals surface area contributed by atoms with Crippen molar-refractivity contribution >= 4 is 34.7 Å². The summed E-state index contributed by atoms with van der Waals surface area (Å²) in [6, 6.07) is 13.0. The predicted octanol–water partition coefficient (Wildman–Crippen LogP) is 3.83. The first-order valence-corrected chi connectivity index (χ1v) is 8.94. The van der Waals surface area contributed by atoms with Gasteiger partial charge in [0.05, 0.1) is 0 Å². The van der Waals surface area contributed by atoms with E-state index in [0.29, 0.717) is 17.5 Å². The minimum Gasteiger partial charge on any atom is -0.399 e. The molecule has 0 bridgehead atoms. The number of anilines is 5. The lowest BCUT2D eigenvalue weighted by atomic mass is 10.1. The molecule has 0 aliphatic carbocycles. The number of nitrogen functional groups attached to an aromatic ring is 1. The maximum atomic E-state index is 12.2. The van der Waals surface area contributed by atoms with Gasteiger partial charge in [-0.3, -0.25) is 4.79 Å². The number of nitrogens with two attached hydrogens (primary N) is 1. The van der Waals surface area contributed by atoms with Gasteiger partial charge in [0.25, 0.3) is 5.91 Å². The topological polar surface area (TPSA) is 105 Å². The molecule has 7 heteroatoms. The summed E-state index contributed by atoms with van der Waals surface area (Å²) in [5, 5.41) is 9.05. The molecule has 28 heavy (non-hydrogen) atoms. The normalized spacial score (nSPS) is 10.4. The van der Waals surface area contributed by atoms with E-state index in [1.807, 2.05) is 26.0 Å². The van der Waals surface area contributed by atoms with Crippen molar-refractivity contribution in [1.82, 2.24) is 15.3 Å². The van der Waals surface area contributed by atoms with Gasteiger partial charge in [0.15, 0.2) is 0 Å². The quantitative estimate of drug-likeness (QED) is 0.505. The molecule has 3 rings (SSSR count). The number of nitrogens with one attached hydrogen (secondary N) is 3. The van der Waals surface area contributed by atoms with Gasteiger partial charge in [-0.05, 0) is 56.2 Å². The third kappa shape index (κ3) is 4.37. The molecular formula is C21H24N6O. The van der Waals surface area contributed by atoms with Crippen LogP contribution in [0, 0.1) is 20.8 Å². The van der Waals surface area contributed by atoms with Crippen LogP contribution in [0.3, 0.4) is 0 Å². The van der Waals surface area contributed by atoms with E-state index >= 15 is 0 Å². The first-order valence-electron chi connectivity index (χ1n) is 8.94. The molecule has 2 aromatic carbocycles. The average molecular weight is 376 g/mol. The third-order valence-corrected chi connectivity index (χ3v) is 4.28. The number of benzene rings is 2. The van der Waals surface area contributed by atoms with Crippen LogP contribution in [0.5, 0.6) is 0 Å². The van der Waals surface area contributed by atoms with Crippen LogP contribution in [-0.4, -0.2) is 22.9 Å². The molecule has 7 nitrogen and oxygen atoms in total. The summed E-state index contributed by atoms with van der Waals surface area (Å²) in [6.07, 6.45) is 0. The van der Waals surface area contributed by atoms with E-state index in [4.69, 9.17) is 5.73 Å². The molecule has 1 amide bonds. The molecule has 1 aromatic heterocycles. The smallest absolute Gasteiger partial charge is 0.269 e. The fourth-order valence-corrected chi connectivity index (χ4v) is 3.01. The van der Waals surface area contributed by atoms with E-state index < -0.39 is 0 Å². The molecule has 0 radical (unpaired) electrons. The second-order valence-corrected chi connectivity index (χ2v) is 6.69. The Morgan fingerprint density at radius 3 is 2.18 bits per heavy atom. The maximum absolute atomic E-state index is 12.2. The van der Waals surface area contributed by atoms with Crippen LogP contribution in [0.4, 0.5) is 28.8 Å². The average Bonchev–Trinajstić information content (AvgIpc) is 2.65. The van der Waals surface area contributed by atoms with Gasteiger partial charge in [-0.1, -0.05) is 17.7 Å². The second-order valence-electron chi connectivity index (χ2n) is 6.69. The minimum atomic E-state index is -0.289. The van der Waals surface area contributed by atoms with E-state index in [2.05, 4.69) is 45.0 Å². The van der Waals surface area contributed by atoms with Crippen molar-refractivity contribution in [3.05, 3.63) is 64.8 Å². The predicted molar refractivity (Wildman–Crippen MR) is 113 cm³/mol. The summed E-state index contributed by atoms with van der Waals surface area (Å²) in [6.45, 7) is 6.14. The highest BCUT2D eigenvalue weighted by molar-refractivity contribution is 5.93. The molecule has 0 aliphatic heterocycles. The number of hydrogen-bond acceptors (Lipinski definition) is 6. The van der Waals surface area contributed by atoms with Gasteiger partial charge in [-0.15, -0.1) is 0 Å². The van der Waals surface area contributed by atoms with Gasteiger partial charge in [0, 0.05) is 30.2 Å². The Labute approximate surface area is 164 Å². The Kier molecular flexibility index (Phi) is 5.44. The van der Waals surface area contributed by atoms with Gasteiger partial charge >= 0.3 is 0 Å². The molecule has 1 heterocycles. The standard InChI is InChI=1S/C21H24N6O/c1-12-9-13(2)19(14(3)10-12)26-18-11-17(20(28)23-4)25-21(27-18)24-16-7-5-15(22)6-8-16/h5-11H,22H2,1-4H3,(H,23,28)(H2,24,25,26,27). The van der Waals surface area contributed by atoms with Gasteiger partial charge in [-0.2, -0.15) is 4.98 Å². The van der Waals surface area contributed by atoms with Crippen LogP contribution < -0.4 is 21.7 Å². The Balaban J connectivity index is 1.98. The van der Waals surface area contributed by atoms with E-state index in [0.717, 1.165) is 22.5 Å². The number of aryl methyl sites for hydroxylation is 3. The van der Waals surface area contributed by atoms with Crippen molar-refractivity contribution in [2.24, 2.45) is 0 Å². The number of carbonyl (C=O) groups excluding carboxylic acids is 1. The number of hydrogen-bond donors (Lipinski definition) is 4. The molecule has 3 aromatic rings. The summed E-state index contributed by atoms with van der Waals surface area (Å²) in [5.41, 5.74) is 11.8. The zero-order chi connectivity index (χ0) is 20.3. The number of carbonyl (C=O) groups is 1. The van der Waals surface area contributed by atoms with Gasteiger partial charge in [0.1, 0.15) is 11.5 Å². The fourth-order valence-electron chi connectivity index (χ4n) is 3.01. The lowest BCUT2D eigenvalue weighted by Gasteiger charge is -2.15. The SMILES string of the molecule is CNC(=O)c1cc(Nc2c(C)cc(C)cc2C)nc(Nc2ccc(N)cc2)n1. The molecule has 0 spiro atoms. The molecule has 0 fully saturated rings. The Bertz CT molecular complexity index is 991. The van der Waals surface area contributed by atoms with E-state index in [1.165, 1.54) is 5.56 Å². The van der Waals surface area contributed by atoms with E-state index in [9.17, 15) is 4.79 Å². The van der Waals surface area contributed by atoms with Crippen molar-refractivity contribution in [3.63, 3.8) is 0 Å². The molecular weight excluding hydrogens is 352 g/mol.